The zero-order valence-electron chi connectivity index (χ0n) is 8.16. The van der Waals surface area contributed by atoms with Crippen molar-refractivity contribution in [3.63, 3.8) is 0 Å². The highest BCUT2D eigenvalue weighted by Gasteiger charge is 2.01. The second-order valence-electron chi connectivity index (χ2n) is 3.11. The molecule has 2 aromatic carbocycles. The predicted octanol–water partition coefficient (Wildman–Crippen LogP) is 3.49. The van der Waals surface area contributed by atoms with Gasteiger partial charge in [0, 0.05) is 5.39 Å². The fourth-order valence-corrected chi connectivity index (χ4v) is 1.66. The fourth-order valence-electron chi connectivity index (χ4n) is 1.66. The zero-order chi connectivity index (χ0) is 9.97. The van der Waals surface area contributed by atoms with Gasteiger partial charge < -0.3 is 4.74 Å². The van der Waals surface area contributed by atoms with E-state index in [1.807, 2.05) is 24.3 Å². The van der Waals surface area contributed by atoms with Crippen molar-refractivity contribution >= 4 is 16.8 Å². The molecule has 70 valence electrons. The summed E-state index contributed by atoms with van der Waals surface area (Å²) in [6.07, 6.45) is 1.86. The molecule has 0 spiro atoms. The molecule has 0 aliphatic heterocycles. The van der Waals surface area contributed by atoms with Crippen LogP contribution in [0.25, 0.3) is 16.8 Å². The molecule has 0 bridgehead atoms. The van der Waals surface area contributed by atoms with Crippen LogP contribution in [0.2, 0.25) is 0 Å². The first kappa shape index (κ1) is 8.82. The van der Waals surface area contributed by atoms with Crippen molar-refractivity contribution in [2.24, 2.45) is 0 Å². The Bertz CT molecular complexity index is 472. The smallest absolute Gasteiger partial charge is 0.126 e. The third-order valence-corrected chi connectivity index (χ3v) is 2.36. The highest BCUT2D eigenvalue weighted by molar-refractivity contribution is 5.94. The summed E-state index contributed by atoms with van der Waals surface area (Å²) in [4.78, 5) is 0. The summed E-state index contributed by atoms with van der Waals surface area (Å²) in [6.45, 7) is 3.80. The van der Waals surface area contributed by atoms with E-state index < -0.39 is 0 Å². The number of methoxy groups -OCH3 is 1. The van der Waals surface area contributed by atoms with Crippen LogP contribution in [0.15, 0.2) is 43.0 Å². The van der Waals surface area contributed by atoms with Crippen LogP contribution in [0.3, 0.4) is 0 Å². The molecular formula is C13H12O. The number of hydrogen-bond donors (Lipinski definition) is 0. The predicted molar refractivity (Wildman–Crippen MR) is 60.6 cm³/mol. The normalized spacial score (nSPS) is 10.1. The molecular weight excluding hydrogens is 172 g/mol. The Morgan fingerprint density at radius 3 is 2.50 bits per heavy atom. The molecule has 0 aliphatic rings. The van der Waals surface area contributed by atoms with Crippen LogP contribution < -0.4 is 4.74 Å². The summed E-state index contributed by atoms with van der Waals surface area (Å²) in [7, 11) is 1.69. The summed E-state index contributed by atoms with van der Waals surface area (Å²) in [5, 5.41) is 2.31. The maximum Gasteiger partial charge on any atom is 0.126 e. The highest BCUT2D eigenvalue weighted by Crippen LogP contribution is 2.27. The van der Waals surface area contributed by atoms with Crippen LogP contribution in [0, 0.1) is 0 Å². The molecule has 0 aromatic heterocycles. The minimum absolute atomic E-state index is 0.909. The number of benzene rings is 2. The Labute approximate surface area is 83.6 Å². The molecule has 0 amide bonds. The fraction of sp³-hybridized carbons (Fsp3) is 0.0769. The third kappa shape index (κ3) is 1.27. The molecule has 0 fully saturated rings. The van der Waals surface area contributed by atoms with Gasteiger partial charge in [-0.25, -0.2) is 0 Å². The minimum Gasteiger partial charge on any atom is -0.496 e. The van der Waals surface area contributed by atoms with Crippen LogP contribution in [-0.2, 0) is 0 Å². The lowest BCUT2D eigenvalue weighted by molar-refractivity contribution is 0.420. The first-order valence-electron chi connectivity index (χ1n) is 4.55. The van der Waals surface area contributed by atoms with Crippen molar-refractivity contribution < 1.29 is 4.74 Å². The van der Waals surface area contributed by atoms with Gasteiger partial charge in [0.2, 0.25) is 0 Å². The maximum absolute atomic E-state index is 5.29. The molecule has 2 aromatic rings. The summed E-state index contributed by atoms with van der Waals surface area (Å²) in [6, 6.07) is 12.2. The highest BCUT2D eigenvalue weighted by atomic mass is 16.5. The van der Waals surface area contributed by atoms with Crippen molar-refractivity contribution in [1.82, 2.24) is 0 Å². The van der Waals surface area contributed by atoms with Gasteiger partial charge in [0.15, 0.2) is 0 Å². The largest absolute Gasteiger partial charge is 0.496 e. The zero-order valence-corrected chi connectivity index (χ0v) is 8.16. The van der Waals surface area contributed by atoms with E-state index in [0.717, 1.165) is 16.7 Å². The van der Waals surface area contributed by atoms with Crippen LogP contribution in [-0.4, -0.2) is 7.11 Å². The second-order valence-corrected chi connectivity index (χ2v) is 3.11. The van der Waals surface area contributed by atoms with E-state index in [1.54, 1.807) is 7.11 Å². The van der Waals surface area contributed by atoms with Crippen molar-refractivity contribution in [2.75, 3.05) is 7.11 Å². The van der Waals surface area contributed by atoms with Gasteiger partial charge in [-0.3, -0.25) is 0 Å². The van der Waals surface area contributed by atoms with Gasteiger partial charge in [-0.2, -0.15) is 0 Å². The Kier molecular flexibility index (Phi) is 2.23. The molecule has 0 saturated heterocycles. The van der Waals surface area contributed by atoms with Gasteiger partial charge in [-0.15, -0.1) is 0 Å². The van der Waals surface area contributed by atoms with E-state index in [-0.39, 0.29) is 0 Å². The topological polar surface area (TPSA) is 9.23 Å². The van der Waals surface area contributed by atoms with Crippen LogP contribution in [0.4, 0.5) is 0 Å². The lowest BCUT2D eigenvalue weighted by Crippen LogP contribution is -1.85. The quantitative estimate of drug-likeness (QED) is 0.694. The summed E-state index contributed by atoms with van der Waals surface area (Å²) in [5.74, 6) is 0.909. The molecule has 0 unspecified atom stereocenters. The standard InChI is InChI=1S/C13H12O/c1-3-10-6-4-8-12-11(10)7-5-9-13(12)14-2/h3-9H,1H2,2H3. The molecule has 0 saturated carbocycles. The molecule has 0 aliphatic carbocycles. The van der Waals surface area contributed by atoms with Gasteiger partial charge in [0.25, 0.3) is 0 Å². The molecule has 0 atom stereocenters. The first-order valence-corrected chi connectivity index (χ1v) is 4.55. The van der Waals surface area contributed by atoms with Gasteiger partial charge in [-0.1, -0.05) is 43.0 Å². The second kappa shape index (κ2) is 3.54. The first-order chi connectivity index (χ1) is 6.86. The number of hydrogen-bond acceptors (Lipinski definition) is 1. The van der Waals surface area contributed by atoms with Gasteiger partial charge in [0.1, 0.15) is 5.75 Å². The lowest BCUT2D eigenvalue weighted by atomic mass is 10.0. The Balaban J connectivity index is 2.84. The van der Waals surface area contributed by atoms with Crippen molar-refractivity contribution in [2.45, 2.75) is 0 Å². The van der Waals surface area contributed by atoms with E-state index >= 15 is 0 Å². The average molecular weight is 184 g/mol. The van der Waals surface area contributed by atoms with Crippen molar-refractivity contribution in [3.05, 3.63) is 48.5 Å². The number of rotatable bonds is 2. The molecule has 0 radical (unpaired) electrons. The van der Waals surface area contributed by atoms with Crippen LogP contribution in [0.1, 0.15) is 5.56 Å². The van der Waals surface area contributed by atoms with E-state index in [4.69, 9.17) is 4.74 Å². The van der Waals surface area contributed by atoms with Crippen LogP contribution in [0.5, 0.6) is 5.75 Å². The molecule has 1 nitrogen and oxygen atoms in total. The van der Waals surface area contributed by atoms with Gasteiger partial charge in [-0.05, 0) is 17.0 Å². The average Bonchev–Trinajstić information content (AvgIpc) is 2.27. The van der Waals surface area contributed by atoms with E-state index in [1.165, 1.54) is 5.39 Å². The van der Waals surface area contributed by atoms with Crippen molar-refractivity contribution in [3.8, 4) is 5.75 Å². The summed E-state index contributed by atoms with van der Waals surface area (Å²) >= 11 is 0. The molecule has 0 N–H and O–H groups in total. The Morgan fingerprint density at radius 2 is 1.79 bits per heavy atom. The number of ether oxygens (including phenoxy) is 1. The van der Waals surface area contributed by atoms with Crippen molar-refractivity contribution in [1.29, 1.82) is 0 Å². The minimum atomic E-state index is 0.909. The monoisotopic (exact) mass is 184 g/mol. The van der Waals surface area contributed by atoms with E-state index in [0.29, 0.717) is 0 Å². The third-order valence-electron chi connectivity index (χ3n) is 2.36. The molecule has 1 heteroatoms. The van der Waals surface area contributed by atoms with Gasteiger partial charge >= 0.3 is 0 Å². The number of fused-ring (bicyclic) bond motifs is 1. The molecule has 14 heavy (non-hydrogen) atoms. The van der Waals surface area contributed by atoms with Gasteiger partial charge in [0.05, 0.1) is 7.11 Å². The SMILES string of the molecule is C=Cc1cccc2c(OC)cccc12. The van der Waals surface area contributed by atoms with E-state index in [9.17, 15) is 0 Å². The summed E-state index contributed by atoms with van der Waals surface area (Å²) in [5.41, 5.74) is 1.14. The van der Waals surface area contributed by atoms with E-state index in [2.05, 4.69) is 24.8 Å². The Hall–Kier alpha value is -1.76. The maximum atomic E-state index is 5.29. The lowest BCUT2D eigenvalue weighted by Gasteiger charge is -2.06. The molecule has 0 heterocycles. The Morgan fingerprint density at radius 1 is 1.07 bits per heavy atom. The van der Waals surface area contributed by atoms with Crippen LogP contribution >= 0.6 is 0 Å². The summed E-state index contributed by atoms with van der Waals surface area (Å²) < 4.78 is 5.29. The molecule has 2 rings (SSSR count).